The summed E-state index contributed by atoms with van der Waals surface area (Å²) in [6.07, 6.45) is 0. The molecule has 2 aromatic rings. The summed E-state index contributed by atoms with van der Waals surface area (Å²) in [4.78, 5) is 23.8. The van der Waals surface area contributed by atoms with Gasteiger partial charge in [-0.05, 0) is 34.0 Å². The average Bonchev–Trinajstić information content (AvgIpc) is 2.81. The van der Waals surface area contributed by atoms with Gasteiger partial charge in [-0.25, -0.2) is 9.18 Å². The molecule has 0 radical (unpaired) electrons. The first kappa shape index (κ1) is 17.1. The molecular formula is C14H17ClFN5O2. The zero-order valence-electron chi connectivity index (χ0n) is 12.8. The van der Waals surface area contributed by atoms with E-state index in [1.165, 1.54) is 16.8 Å². The molecule has 0 unspecified atom stereocenters. The fourth-order valence-corrected chi connectivity index (χ4v) is 2.03. The summed E-state index contributed by atoms with van der Waals surface area (Å²) in [5.74, 6) is -0.725. The highest BCUT2D eigenvalue weighted by Crippen LogP contribution is 2.15. The molecule has 2 rings (SSSR count). The Hall–Kier alpha value is -2.22. The van der Waals surface area contributed by atoms with Crippen molar-refractivity contribution >= 4 is 17.5 Å². The third-order valence-electron chi connectivity index (χ3n) is 3.00. The van der Waals surface area contributed by atoms with Crippen LogP contribution in [0.25, 0.3) is 0 Å². The Morgan fingerprint density at radius 2 is 2.04 bits per heavy atom. The van der Waals surface area contributed by atoms with Crippen LogP contribution >= 0.6 is 11.6 Å². The van der Waals surface area contributed by atoms with Crippen molar-refractivity contribution in [1.29, 1.82) is 0 Å². The highest BCUT2D eigenvalue weighted by molar-refractivity contribution is 6.30. The molecule has 1 heterocycles. The number of tetrazole rings is 1. The molecule has 9 heteroatoms. The number of carbonyl (C=O) groups excluding carboxylic acids is 1. The van der Waals surface area contributed by atoms with Crippen LogP contribution in [0.1, 0.15) is 19.4 Å². The minimum absolute atomic E-state index is 0.0217. The molecule has 0 spiro atoms. The van der Waals surface area contributed by atoms with Crippen molar-refractivity contribution in [2.45, 2.75) is 33.5 Å². The van der Waals surface area contributed by atoms with Crippen LogP contribution in [0.2, 0.25) is 5.02 Å². The van der Waals surface area contributed by atoms with E-state index < -0.39 is 17.4 Å². The van der Waals surface area contributed by atoms with Crippen molar-refractivity contribution in [2.24, 2.45) is 5.92 Å². The van der Waals surface area contributed by atoms with Gasteiger partial charge in [0.1, 0.15) is 12.4 Å². The largest absolute Gasteiger partial charge is 0.364 e. The lowest BCUT2D eigenvalue weighted by Crippen LogP contribution is -2.34. The number of halogens is 2. The van der Waals surface area contributed by atoms with Gasteiger partial charge in [0.15, 0.2) is 0 Å². The zero-order valence-corrected chi connectivity index (χ0v) is 13.5. The lowest BCUT2D eigenvalue weighted by molar-refractivity contribution is -0.122. The van der Waals surface area contributed by atoms with Crippen LogP contribution in [-0.2, 0) is 24.4 Å². The van der Waals surface area contributed by atoms with Gasteiger partial charge < -0.3 is 5.32 Å². The van der Waals surface area contributed by atoms with E-state index in [4.69, 9.17) is 11.6 Å². The van der Waals surface area contributed by atoms with Gasteiger partial charge in [0.05, 0.1) is 11.6 Å². The highest BCUT2D eigenvalue weighted by Gasteiger charge is 2.12. The van der Waals surface area contributed by atoms with Crippen molar-refractivity contribution in [1.82, 2.24) is 25.1 Å². The van der Waals surface area contributed by atoms with Gasteiger partial charge in [-0.1, -0.05) is 31.5 Å². The van der Waals surface area contributed by atoms with E-state index in [2.05, 4.69) is 15.7 Å². The first-order valence-corrected chi connectivity index (χ1v) is 7.46. The summed E-state index contributed by atoms with van der Waals surface area (Å²) < 4.78 is 15.5. The van der Waals surface area contributed by atoms with Gasteiger partial charge in [-0.15, -0.1) is 0 Å². The van der Waals surface area contributed by atoms with Crippen molar-refractivity contribution in [3.05, 3.63) is 45.1 Å². The monoisotopic (exact) mass is 341 g/mol. The SMILES string of the molecule is CC(C)Cn1nnn(CC(=O)NCc2ccc(Cl)c(F)c2)c1=O. The van der Waals surface area contributed by atoms with E-state index in [1.807, 2.05) is 13.8 Å². The van der Waals surface area contributed by atoms with E-state index in [9.17, 15) is 14.0 Å². The van der Waals surface area contributed by atoms with Crippen LogP contribution in [-0.4, -0.2) is 25.7 Å². The Labute approximate surface area is 137 Å². The second kappa shape index (κ2) is 7.36. The molecule has 0 aliphatic rings. The molecule has 0 saturated heterocycles. The van der Waals surface area contributed by atoms with Crippen LogP contribution in [0, 0.1) is 11.7 Å². The summed E-state index contributed by atoms with van der Waals surface area (Å²) in [6.45, 7) is 4.21. The van der Waals surface area contributed by atoms with E-state index in [0.29, 0.717) is 12.1 Å². The van der Waals surface area contributed by atoms with Crippen LogP contribution in [0.15, 0.2) is 23.0 Å². The topological polar surface area (TPSA) is 81.8 Å². The maximum absolute atomic E-state index is 13.3. The van der Waals surface area contributed by atoms with E-state index in [0.717, 1.165) is 4.68 Å². The fraction of sp³-hybridized carbons (Fsp3) is 0.429. The molecule has 0 bridgehead atoms. The van der Waals surface area contributed by atoms with E-state index in [1.54, 1.807) is 6.07 Å². The highest BCUT2D eigenvalue weighted by atomic mass is 35.5. The summed E-state index contributed by atoms with van der Waals surface area (Å²) in [5, 5.41) is 10.00. The molecule has 0 aliphatic carbocycles. The Kier molecular flexibility index (Phi) is 5.49. The second-order valence-electron chi connectivity index (χ2n) is 5.52. The predicted octanol–water partition coefficient (Wildman–Crippen LogP) is 1.20. The smallest absolute Gasteiger partial charge is 0.350 e. The molecule has 1 aromatic carbocycles. The number of rotatable bonds is 6. The lowest BCUT2D eigenvalue weighted by atomic mass is 10.2. The van der Waals surface area contributed by atoms with Gasteiger partial charge in [-0.2, -0.15) is 9.36 Å². The predicted molar refractivity (Wildman–Crippen MR) is 82.4 cm³/mol. The van der Waals surface area contributed by atoms with Crippen molar-refractivity contribution in [2.75, 3.05) is 0 Å². The molecule has 0 saturated carbocycles. The molecule has 7 nitrogen and oxygen atoms in total. The summed E-state index contributed by atoms with van der Waals surface area (Å²) in [7, 11) is 0. The third-order valence-corrected chi connectivity index (χ3v) is 3.31. The maximum atomic E-state index is 13.3. The number of carbonyl (C=O) groups is 1. The van der Waals surface area contributed by atoms with Crippen LogP contribution in [0.5, 0.6) is 0 Å². The minimum atomic E-state index is -0.550. The number of nitrogens with zero attached hydrogens (tertiary/aromatic N) is 4. The van der Waals surface area contributed by atoms with Gasteiger partial charge in [0.2, 0.25) is 5.91 Å². The van der Waals surface area contributed by atoms with Crippen molar-refractivity contribution < 1.29 is 9.18 Å². The van der Waals surface area contributed by atoms with Gasteiger partial charge in [0, 0.05) is 6.54 Å². The summed E-state index contributed by atoms with van der Waals surface area (Å²) in [5.41, 5.74) is 0.127. The van der Waals surface area contributed by atoms with Crippen LogP contribution in [0.4, 0.5) is 4.39 Å². The minimum Gasteiger partial charge on any atom is -0.350 e. The van der Waals surface area contributed by atoms with Gasteiger partial charge >= 0.3 is 5.69 Å². The number of hydrogen-bond acceptors (Lipinski definition) is 4. The molecule has 1 amide bonds. The standard InChI is InChI=1S/C14H17ClFN5O2/c1-9(2)7-20-14(23)21(19-18-20)8-13(22)17-6-10-3-4-11(15)12(16)5-10/h3-5,9H,6-8H2,1-2H3,(H,17,22). The first-order valence-electron chi connectivity index (χ1n) is 7.08. The lowest BCUT2D eigenvalue weighted by Gasteiger charge is -2.05. The summed E-state index contributed by atoms with van der Waals surface area (Å²) in [6, 6.07) is 4.27. The van der Waals surface area contributed by atoms with Gasteiger partial charge in [-0.3, -0.25) is 4.79 Å². The molecule has 0 aliphatic heterocycles. The second-order valence-corrected chi connectivity index (χ2v) is 5.93. The fourth-order valence-electron chi connectivity index (χ4n) is 1.91. The van der Waals surface area contributed by atoms with E-state index in [-0.39, 0.29) is 24.0 Å². The molecular weight excluding hydrogens is 325 g/mol. The number of benzene rings is 1. The maximum Gasteiger partial charge on any atom is 0.364 e. The average molecular weight is 342 g/mol. The number of nitrogens with one attached hydrogen (secondary N) is 1. The molecule has 124 valence electrons. The van der Waals surface area contributed by atoms with Crippen LogP contribution in [0.3, 0.4) is 0 Å². The molecule has 0 atom stereocenters. The Balaban J connectivity index is 1.93. The normalized spacial score (nSPS) is 11.0. The Morgan fingerprint density at radius 3 is 2.70 bits per heavy atom. The Morgan fingerprint density at radius 1 is 1.35 bits per heavy atom. The number of aromatic nitrogens is 4. The zero-order chi connectivity index (χ0) is 17.0. The van der Waals surface area contributed by atoms with Crippen molar-refractivity contribution in [3.8, 4) is 0 Å². The number of hydrogen-bond donors (Lipinski definition) is 1. The molecule has 1 N–H and O–H groups in total. The molecule has 23 heavy (non-hydrogen) atoms. The first-order chi connectivity index (χ1) is 10.9. The summed E-state index contributed by atoms with van der Waals surface area (Å²) >= 11 is 5.59. The van der Waals surface area contributed by atoms with Crippen molar-refractivity contribution in [3.63, 3.8) is 0 Å². The quantitative estimate of drug-likeness (QED) is 0.856. The molecule has 1 aromatic heterocycles. The number of amides is 1. The Bertz CT molecular complexity index is 756. The van der Waals surface area contributed by atoms with E-state index >= 15 is 0 Å². The third kappa shape index (κ3) is 4.62. The van der Waals surface area contributed by atoms with Gasteiger partial charge in [0.25, 0.3) is 0 Å². The van der Waals surface area contributed by atoms with Crippen LogP contribution < -0.4 is 11.0 Å². The molecule has 0 fully saturated rings.